The molecule has 0 aliphatic rings. The summed E-state index contributed by atoms with van der Waals surface area (Å²) in [4.78, 5) is 0. The highest BCUT2D eigenvalue weighted by Gasteiger charge is 2.36. The number of benzene rings is 2. The molecule has 0 spiro atoms. The van der Waals surface area contributed by atoms with E-state index in [1.165, 1.54) is 10.6 Å². The highest BCUT2D eigenvalue weighted by atomic mass is 31.2. The molecule has 0 aromatic heterocycles. The SMILES string of the molecule is [B][P+](C)(CC[P+]([B])(C)c1ccccc1)c1ccccc1. The monoisotopic (exact) mass is 296 g/mol. The molecular formula is C16H20B2P2+2. The standard InChI is InChI=1S/C16H20B2P2/c1-19(17,15-9-5-3-6-10-15)13-14-20(2,18)16-11-7-4-8-12-16/h3-12H,13-14H2,1-2H3/q+2. The molecule has 0 saturated heterocycles. The maximum Gasteiger partial charge on any atom is 0.371 e. The van der Waals surface area contributed by atoms with Crippen molar-refractivity contribution in [2.24, 2.45) is 0 Å². The molecular weight excluding hydrogens is 276 g/mol. The molecule has 0 aliphatic heterocycles. The summed E-state index contributed by atoms with van der Waals surface area (Å²) in [7, 11) is 10.1. The minimum Gasteiger partial charge on any atom is -0.0620 e. The third-order valence-corrected chi connectivity index (χ3v) is 9.33. The van der Waals surface area contributed by atoms with Gasteiger partial charge in [0.1, 0.15) is 0 Å². The fraction of sp³-hybridized carbons (Fsp3) is 0.250. The smallest absolute Gasteiger partial charge is 0.0620 e. The van der Waals surface area contributed by atoms with Gasteiger partial charge >= 0.3 is 15.1 Å². The lowest BCUT2D eigenvalue weighted by atomic mass is 10.4. The molecule has 20 heavy (non-hydrogen) atoms. The van der Waals surface area contributed by atoms with Gasteiger partial charge in [0.15, 0.2) is 0 Å². The van der Waals surface area contributed by atoms with Crippen LogP contribution in [0.15, 0.2) is 60.7 Å². The largest absolute Gasteiger partial charge is 0.371 e. The topological polar surface area (TPSA) is 0 Å². The van der Waals surface area contributed by atoms with Gasteiger partial charge in [-0.25, -0.2) is 0 Å². The Labute approximate surface area is 126 Å². The summed E-state index contributed by atoms with van der Waals surface area (Å²) in [5, 5.41) is 2.57. The summed E-state index contributed by atoms with van der Waals surface area (Å²) in [6.07, 6.45) is 2.01. The summed E-state index contributed by atoms with van der Waals surface area (Å²) < 4.78 is 0. The van der Waals surface area contributed by atoms with Crippen LogP contribution in [0.3, 0.4) is 0 Å². The van der Waals surface area contributed by atoms with Crippen molar-refractivity contribution in [2.45, 2.75) is 0 Å². The maximum atomic E-state index is 6.60. The van der Waals surface area contributed by atoms with E-state index < -0.39 is 14.3 Å². The van der Waals surface area contributed by atoms with Gasteiger partial charge in [-0.3, -0.25) is 0 Å². The van der Waals surface area contributed by atoms with E-state index in [1.54, 1.807) is 0 Å². The summed E-state index contributed by atoms with van der Waals surface area (Å²) in [6, 6.07) is 20.9. The van der Waals surface area contributed by atoms with E-state index in [0.29, 0.717) is 0 Å². The van der Waals surface area contributed by atoms with Crippen LogP contribution in [-0.2, 0) is 0 Å². The Morgan fingerprint density at radius 3 is 1.25 bits per heavy atom. The molecule has 0 amide bonds. The van der Waals surface area contributed by atoms with Crippen LogP contribution < -0.4 is 10.6 Å². The molecule has 0 fully saturated rings. The van der Waals surface area contributed by atoms with Crippen molar-refractivity contribution in [1.29, 1.82) is 0 Å². The molecule has 2 unspecified atom stereocenters. The molecule has 0 saturated carbocycles. The summed E-state index contributed by atoms with van der Waals surface area (Å²) in [5.41, 5.74) is 0. The molecule has 0 nitrogen and oxygen atoms in total. The lowest BCUT2D eigenvalue weighted by Gasteiger charge is -2.23. The quantitative estimate of drug-likeness (QED) is 0.587. The molecule has 2 aromatic rings. The Hall–Kier alpha value is -0.570. The summed E-state index contributed by atoms with van der Waals surface area (Å²) in [6.45, 7) is 4.40. The Bertz CT molecular complexity index is 487. The van der Waals surface area contributed by atoms with Crippen molar-refractivity contribution < 1.29 is 0 Å². The average molecular weight is 296 g/mol. The van der Waals surface area contributed by atoms with E-state index >= 15 is 0 Å². The summed E-state index contributed by atoms with van der Waals surface area (Å²) >= 11 is 0. The first-order valence-electron chi connectivity index (χ1n) is 6.81. The zero-order chi connectivity index (χ0) is 14.6. The van der Waals surface area contributed by atoms with Crippen LogP contribution in [0.1, 0.15) is 0 Å². The van der Waals surface area contributed by atoms with Crippen molar-refractivity contribution in [2.75, 3.05) is 25.7 Å². The van der Waals surface area contributed by atoms with Crippen molar-refractivity contribution in [3.63, 3.8) is 0 Å². The van der Waals surface area contributed by atoms with Gasteiger partial charge in [0, 0.05) is 13.3 Å². The second-order valence-corrected chi connectivity index (χ2v) is 12.7. The van der Waals surface area contributed by atoms with E-state index in [1.807, 2.05) is 12.1 Å². The fourth-order valence-corrected chi connectivity index (χ4v) is 7.76. The predicted octanol–water partition coefficient (Wildman–Crippen LogP) is 3.10. The highest BCUT2D eigenvalue weighted by Crippen LogP contribution is 2.56. The Morgan fingerprint density at radius 2 is 0.950 bits per heavy atom. The van der Waals surface area contributed by atoms with Crippen LogP contribution in [0.2, 0.25) is 0 Å². The van der Waals surface area contributed by atoms with Gasteiger partial charge in [0.05, 0.1) is 22.9 Å². The minimum absolute atomic E-state index is 1.01. The molecule has 0 aliphatic carbocycles. The van der Waals surface area contributed by atoms with Crippen LogP contribution in [0.25, 0.3) is 0 Å². The predicted molar refractivity (Wildman–Crippen MR) is 99.1 cm³/mol. The van der Waals surface area contributed by atoms with E-state index in [9.17, 15) is 0 Å². The van der Waals surface area contributed by atoms with Crippen molar-refractivity contribution >= 4 is 40.0 Å². The van der Waals surface area contributed by atoms with Gasteiger partial charge in [0.2, 0.25) is 0 Å². The molecule has 2 atom stereocenters. The van der Waals surface area contributed by atoms with E-state index in [-0.39, 0.29) is 0 Å². The number of rotatable bonds is 5. The second-order valence-electron chi connectivity index (χ2n) is 5.65. The molecule has 0 heterocycles. The van der Waals surface area contributed by atoms with Gasteiger partial charge in [-0.15, -0.1) is 0 Å². The van der Waals surface area contributed by atoms with Crippen molar-refractivity contribution in [3.05, 3.63) is 60.7 Å². The molecule has 4 heteroatoms. The van der Waals surface area contributed by atoms with Gasteiger partial charge in [-0.1, -0.05) is 36.4 Å². The van der Waals surface area contributed by atoms with Crippen LogP contribution in [-0.4, -0.2) is 40.8 Å². The van der Waals surface area contributed by atoms with E-state index in [4.69, 9.17) is 15.1 Å². The first-order chi connectivity index (χ1) is 9.42. The third-order valence-electron chi connectivity index (χ3n) is 3.72. The van der Waals surface area contributed by atoms with Gasteiger partial charge in [-0.2, -0.15) is 0 Å². The van der Waals surface area contributed by atoms with Crippen LogP contribution in [0.4, 0.5) is 0 Å². The number of hydrogen-bond acceptors (Lipinski definition) is 0. The Balaban J connectivity index is 2.08. The Morgan fingerprint density at radius 1 is 0.650 bits per heavy atom. The van der Waals surface area contributed by atoms with Gasteiger partial charge in [-0.05, 0) is 38.5 Å². The van der Waals surface area contributed by atoms with E-state index in [0.717, 1.165) is 12.3 Å². The molecule has 98 valence electrons. The number of hydrogen-bond donors (Lipinski definition) is 0. The van der Waals surface area contributed by atoms with Crippen LogP contribution >= 0.6 is 14.3 Å². The zero-order valence-electron chi connectivity index (χ0n) is 12.2. The molecule has 2 aromatic carbocycles. The maximum absolute atomic E-state index is 6.60. The van der Waals surface area contributed by atoms with Crippen molar-refractivity contribution in [1.82, 2.24) is 0 Å². The van der Waals surface area contributed by atoms with Gasteiger partial charge in [0.25, 0.3) is 0 Å². The fourth-order valence-electron chi connectivity index (χ4n) is 2.21. The average Bonchev–Trinajstić information content (AvgIpc) is 2.47. The van der Waals surface area contributed by atoms with Crippen molar-refractivity contribution in [3.8, 4) is 0 Å². The lowest BCUT2D eigenvalue weighted by Crippen LogP contribution is -2.20. The zero-order valence-corrected chi connectivity index (χ0v) is 14.0. The van der Waals surface area contributed by atoms with Crippen LogP contribution in [0, 0.1) is 0 Å². The molecule has 4 radical (unpaired) electrons. The van der Waals surface area contributed by atoms with Crippen LogP contribution in [0.5, 0.6) is 0 Å². The first-order valence-corrected chi connectivity index (χ1v) is 11.8. The minimum atomic E-state index is -1.56. The molecule has 0 bridgehead atoms. The first kappa shape index (κ1) is 15.8. The second kappa shape index (κ2) is 6.46. The third kappa shape index (κ3) is 3.97. The van der Waals surface area contributed by atoms with E-state index in [2.05, 4.69) is 61.9 Å². The Kier molecular flexibility index (Phi) is 5.11. The summed E-state index contributed by atoms with van der Waals surface area (Å²) in [5.74, 6) is 0. The molecule has 0 N–H and O–H groups in total. The normalized spacial score (nSPS) is 17.1. The molecule has 2 rings (SSSR count). The lowest BCUT2D eigenvalue weighted by molar-refractivity contribution is 1.49. The highest BCUT2D eigenvalue weighted by molar-refractivity contribution is 8.05. The van der Waals surface area contributed by atoms with Gasteiger partial charge < -0.3 is 0 Å².